The molecule has 0 saturated carbocycles. The lowest BCUT2D eigenvalue weighted by atomic mass is 9.94. The molecule has 0 spiro atoms. The predicted molar refractivity (Wildman–Crippen MR) is 149 cm³/mol. The number of fused-ring (bicyclic) bond motifs is 1. The highest BCUT2D eigenvalue weighted by molar-refractivity contribution is 6.51. The predicted octanol–water partition coefficient (Wildman–Crippen LogP) is 5.27. The summed E-state index contributed by atoms with van der Waals surface area (Å²) in [6.07, 6.45) is 0. The van der Waals surface area contributed by atoms with Gasteiger partial charge in [0.1, 0.15) is 17.3 Å². The fourth-order valence-corrected chi connectivity index (χ4v) is 4.98. The number of nitrogens with one attached hydrogen (secondary N) is 1. The highest BCUT2D eigenvalue weighted by Gasteiger charge is 2.48. The molecule has 1 saturated heterocycles. The minimum absolute atomic E-state index is 0.0933. The number of phenolic OH excluding ortho intramolecular Hbond substituents is 1. The van der Waals surface area contributed by atoms with Crippen LogP contribution >= 0.6 is 11.6 Å². The largest absolute Gasteiger partial charge is 0.507 e. The van der Waals surface area contributed by atoms with Crippen molar-refractivity contribution < 1.29 is 34.0 Å². The number of nitrogens with zero attached hydrogens (tertiary/aromatic N) is 2. The summed E-state index contributed by atoms with van der Waals surface area (Å²) in [5, 5.41) is 22.2. The van der Waals surface area contributed by atoms with Gasteiger partial charge in [-0.25, -0.2) is 4.98 Å². The lowest BCUT2D eigenvalue weighted by molar-refractivity contribution is -0.132. The van der Waals surface area contributed by atoms with E-state index < -0.39 is 23.5 Å². The van der Waals surface area contributed by atoms with E-state index in [9.17, 15) is 19.8 Å². The van der Waals surface area contributed by atoms with E-state index in [1.165, 1.54) is 43.4 Å². The summed E-state index contributed by atoms with van der Waals surface area (Å²) in [6, 6.07) is 11.7. The second-order valence-electron chi connectivity index (χ2n) is 9.10. The van der Waals surface area contributed by atoms with Crippen LogP contribution in [0.3, 0.4) is 0 Å². The number of carbonyl (C=O) groups is 2. The third-order valence-corrected chi connectivity index (χ3v) is 6.92. The Labute approximate surface area is 234 Å². The number of ether oxygens (including phenoxy) is 3. The molecule has 4 aromatic rings. The van der Waals surface area contributed by atoms with Crippen molar-refractivity contribution in [3.63, 3.8) is 0 Å². The lowest BCUT2D eigenvalue weighted by Gasteiger charge is -2.24. The molecule has 1 atom stereocenters. The Kier molecular flexibility index (Phi) is 7.03. The number of carbonyl (C=O) groups excluding carboxylic acids is 2. The van der Waals surface area contributed by atoms with Crippen molar-refractivity contribution >= 4 is 46.0 Å². The topological polar surface area (TPSA) is 134 Å². The Bertz CT molecular complexity index is 1690. The maximum Gasteiger partial charge on any atom is 0.302 e. The molecule has 1 amide bonds. The van der Waals surface area contributed by atoms with Crippen LogP contribution in [0.2, 0.25) is 5.02 Å². The first kappa shape index (κ1) is 26.9. The van der Waals surface area contributed by atoms with Gasteiger partial charge in [-0.05, 0) is 55.3 Å². The SMILES string of the molecule is CCOc1cc(C2/C(=C(\O)c3cc(OC)c(Cl)cc3OC)C(=O)C(=O)N2c2nc3ccc(C)cc3[nH]2)ccc1O. The molecule has 3 N–H and O–H groups in total. The number of benzene rings is 3. The number of aliphatic hydroxyl groups excluding tert-OH is 1. The Hall–Kier alpha value is -4.70. The summed E-state index contributed by atoms with van der Waals surface area (Å²) < 4.78 is 16.3. The summed E-state index contributed by atoms with van der Waals surface area (Å²) in [7, 11) is 2.79. The van der Waals surface area contributed by atoms with Crippen LogP contribution in [-0.4, -0.2) is 52.7 Å². The average molecular weight is 564 g/mol. The number of amides is 1. The maximum atomic E-state index is 13.6. The van der Waals surface area contributed by atoms with Crippen molar-refractivity contribution in [3.8, 4) is 23.0 Å². The third kappa shape index (κ3) is 4.46. The molecule has 40 heavy (non-hydrogen) atoms. The van der Waals surface area contributed by atoms with Crippen LogP contribution in [0.4, 0.5) is 5.95 Å². The van der Waals surface area contributed by atoms with Gasteiger partial charge in [0, 0.05) is 6.07 Å². The number of methoxy groups -OCH3 is 2. The number of imidazole rings is 1. The van der Waals surface area contributed by atoms with Crippen LogP contribution in [0.15, 0.2) is 54.1 Å². The molecule has 2 heterocycles. The van der Waals surface area contributed by atoms with Crippen LogP contribution in [0, 0.1) is 6.92 Å². The Morgan fingerprint density at radius 1 is 1.05 bits per heavy atom. The van der Waals surface area contributed by atoms with Crippen LogP contribution in [0.5, 0.6) is 23.0 Å². The number of phenols is 1. The molecule has 0 bridgehead atoms. The zero-order chi connectivity index (χ0) is 28.7. The van der Waals surface area contributed by atoms with Crippen molar-refractivity contribution in [1.82, 2.24) is 9.97 Å². The van der Waals surface area contributed by atoms with Gasteiger partial charge in [0.25, 0.3) is 5.78 Å². The molecule has 0 aliphatic carbocycles. The zero-order valence-electron chi connectivity index (χ0n) is 22.1. The average Bonchev–Trinajstić information content (AvgIpc) is 3.46. The van der Waals surface area contributed by atoms with Crippen LogP contribution in [-0.2, 0) is 9.59 Å². The van der Waals surface area contributed by atoms with Gasteiger partial charge >= 0.3 is 5.91 Å². The van der Waals surface area contributed by atoms with Gasteiger partial charge < -0.3 is 29.4 Å². The van der Waals surface area contributed by atoms with Crippen LogP contribution < -0.4 is 19.1 Å². The number of hydrogen-bond acceptors (Lipinski definition) is 8. The van der Waals surface area contributed by atoms with Gasteiger partial charge in [-0.2, -0.15) is 0 Å². The molecule has 0 radical (unpaired) electrons. The molecule has 206 valence electrons. The lowest BCUT2D eigenvalue weighted by Crippen LogP contribution is -2.30. The van der Waals surface area contributed by atoms with E-state index in [-0.39, 0.29) is 51.7 Å². The summed E-state index contributed by atoms with van der Waals surface area (Å²) in [4.78, 5) is 36.1. The number of aromatic hydroxyl groups is 1. The first-order valence-electron chi connectivity index (χ1n) is 12.3. The number of Topliss-reactive ketones (excluding diaryl/α,β-unsaturated/α-hetero) is 1. The summed E-state index contributed by atoms with van der Waals surface area (Å²) in [5.41, 5.74) is 2.49. The van der Waals surface area contributed by atoms with Gasteiger partial charge in [0.2, 0.25) is 5.95 Å². The number of aromatic amines is 1. The standard InChI is InChI=1S/C29H26ClN3O7/c1-5-40-23-11-15(7-9-20(23)34)25-24(26(35)16-12-22(39-4)17(30)13-21(16)38-3)27(36)28(37)33(25)29-31-18-8-6-14(2)10-19(18)32-29/h6-13,25,34-35H,5H2,1-4H3,(H,31,32)/b26-24+. The van der Waals surface area contributed by atoms with Gasteiger partial charge in [0.15, 0.2) is 11.5 Å². The van der Waals surface area contributed by atoms with Gasteiger partial charge in [0.05, 0.1) is 54.1 Å². The van der Waals surface area contributed by atoms with Crippen LogP contribution in [0.1, 0.15) is 29.7 Å². The van der Waals surface area contributed by atoms with E-state index in [1.807, 2.05) is 19.1 Å². The smallest absolute Gasteiger partial charge is 0.302 e. The molecule has 5 rings (SSSR count). The van der Waals surface area contributed by atoms with E-state index in [1.54, 1.807) is 19.1 Å². The second-order valence-corrected chi connectivity index (χ2v) is 9.50. The molecular weight excluding hydrogens is 538 g/mol. The fraction of sp³-hybridized carbons (Fsp3) is 0.207. The van der Waals surface area contributed by atoms with E-state index in [2.05, 4.69) is 9.97 Å². The van der Waals surface area contributed by atoms with Gasteiger partial charge in [-0.3, -0.25) is 14.5 Å². The van der Waals surface area contributed by atoms with E-state index in [0.717, 1.165) is 5.56 Å². The number of H-pyrrole nitrogens is 1. The van der Waals surface area contributed by atoms with Gasteiger partial charge in [-0.1, -0.05) is 23.7 Å². The summed E-state index contributed by atoms with van der Waals surface area (Å²) >= 11 is 6.25. The number of anilines is 1. The number of rotatable bonds is 7. The van der Waals surface area contributed by atoms with E-state index in [4.69, 9.17) is 25.8 Å². The van der Waals surface area contributed by atoms with Crippen molar-refractivity contribution in [3.05, 3.63) is 75.8 Å². The fourth-order valence-electron chi connectivity index (χ4n) is 4.75. The molecule has 1 fully saturated rings. The summed E-state index contributed by atoms with van der Waals surface area (Å²) in [6.45, 7) is 3.95. The number of ketones is 1. The molecule has 1 aliphatic heterocycles. The Balaban J connectivity index is 1.78. The molecule has 1 aromatic heterocycles. The van der Waals surface area contributed by atoms with E-state index in [0.29, 0.717) is 16.6 Å². The van der Waals surface area contributed by atoms with Gasteiger partial charge in [-0.15, -0.1) is 0 Å². The quantitative estimate of drug-likeness (QED) is 0.157. The second kappa shape index (κ2) is 10.5. The minimum Gasteiger partial charge on any atom is -0.507 e. The number of aromatic nitrogens is 2. The molecule has 1 aliphatic rings. The first-order valence-corrected chi connectivity index (χ1v) is 12.7. The van der Waals surface area contributed by atoms with Crippen molar-refractivity contribution in [2.24, 2.45) is 0 Å². The number of aryl methyl sites for hydroxylation is 1. The normalized spacial score (nSPS) is 16.5. The van der Waals surface area contributed by atoms with Crippen molar-refractivity contribution in [1.29, 1.82) is 0 Å². The maximum absolute atomic E-state index is 13.6. The van der Waals surface area contributed by atoms with E-state index >= 15 is 0 Å². The molecule has 1 unspecified atom stereocenters. The van der Waals surface area contributed by atoms with Crippen molar-refractivity contribution in [2.75, 3.05) is 25.7 Å². The first-order chi connectivity index (χ1) is 19.2. The van der Waals surface area contributed by atoms with Crippen molar-refractivity contribution in [2.45, 2.75) is 19.9 Å². The molecule has 3 aromatic carbocycles. The Morgan fingerprint density at radius 2 is 1.80 bits per heavy atom. The highest BCUT2D eigenvalue weighted by Crippen LogP contribution is 2.45. The Morgan fingerprint density at radius 3 is 2.50 bits per heavy atom. The number of aliphatic hydroxyl groups is 1. The minimum atomic E-state index is -1.15. The molecular formula is C29H26ClN3O7. The van der Waals surface area contributed by atoms with Crippen LogP contribution in [0.25, 0.3) is 16.8 Å². The third-order valence-electron chi connectivity index (χ3n) is 6.63. The summed E-state index contributed by atoms with van der Waals surface area (Å²) in [5.74, 6) is -1.83. The highest BCUT2D eigenvalue weighted by atomic mass is 35.5. The number of hydrogen-bond donors (Lipinski definition) is 3. The number of halogens is 1. The molecule has 10 nitrogen and oxygen atoms in total. The monoisotopic (exact) mass is 563 g/mol. The zero-order valence-corrected chi connectivity index (χ0v) is 22.9. The molecule has 11 heteroatoms.